The normalized spacial score (nSPS) is 43.9. The molecule has 0 bridgehead atoms. The van der Waals surface area contributed by atoms with Gasteiger partial charge in [-0.15, -0.1) is 0 Å². The monoisotopic (exact) mass is 242 g/mol. The molecule has 5 heteroatoms. The highest BCUT2D eigenvalue weighted by Crippen LogP contribution is 2.60. The van der Waals surface area contributed by atoms with Crippen LogP contribution in [-0.2, 0) is 14.3 Å². The van der Waals surface area contributed by atoms with Crippen LogP contribution in [0.15, 0.2) is 0 Å². The van der Waals surface area contributed by atoms with E-state index < -0.39 is 22.8 Å². The molecular formula is C12H18O5. The van der Waals surface area contributed by atoms with E-state index in [-0.39, 0.29) is 12.2 Å². The van der Waals surface area contributed by atoms with Crippen LogP contribution in [0.3, 0.4) is 0 Å². The molecule has 2 aliphatic rings. The Bertz CT molecular complexity index is 332. The largest absolute Gasteiger partial charge is 0.481 e. The van der Waals surface area contributed by atoms with Crippen molar-refractivity contribution in [2.75, 3.05) is 0 Å². The minimum Gasteiger partial charge on any atom is -0.481 e. The van der Waals surface area contributed by atoms with Crippen molar-refractivity contribution in [3.05, 3.63) is 0 Å². The van der Waals surface area contributed by atoms with Gasteiger partial charge in [-0.3, -0.25) is 9.59 Å². The van der Waals surface area contributed by atoms with E-state index in [1.54, 1.807) is 13.8 Å². The zero-order chi connectivity index (χ0) is 12.8. The molecule has 0 aromatic rings. The first-order valence-corrected chi connectivity index (χ1v) is 6.06. The van der Waals surface area contributed by atoms with E-state index in [1.165, 1.54) is 0 Å². The van der Waals surface area contributed by atoms with Gasteiger partial charge in [-0.2, -0.15) is 0 Å². The van der Waals surface area contributed by atoms with E-state index in [0.717, 1.165) is 0 Å². The Kier molecular flexibility index (Phi) is 2.69. The third kappa shape index (κ3) is 1.41. The van der Waals surface area contributed by atoms with Gasteiger partial charge in [-0.25, -0.2) is 0 Å². The summed E-state index contributed by atoms with van der Waals surface area (Å²) in [4.78, 5) is 23.3. The predicted molar refractivity (Wildman–Crippen MR) is 58.6 cm³/mol. The van der Waals surface area contributed by atoms with Crippen LogP contribution in [0.25, 0.3) is 0 Å². The van der Waals surface area contributed by atoms with Crippen molar-refractivity contribution in [3.8, 4) is 0 Å². The first-order valence-electron chi connectivity index (χ1n) is 6.06. The topological polar surface area (TPSA) is 87.1 Å². The Morgan fingerprint density at radius 3 is 1.65 bits per heavy atom. The van der Waals surface area contributed by atoms with Gasteiger partial charge in [0.1, 0.15) is 0 Å². The van der Waals surface area contributed by atoms with Gasteiger partial charge in [-0.05, 0) is 25.7 Å². The number of carboxylic acid groups (broad SMARTS) is 2. The lowest BCUT2D eigenvalue weighted by Crippen LogP contribution is -2.55. The standard InChI is InChI=1S/C12H18O5/c1-3-11(9(13)14)5-7-8(17-7)6-12(11,4-2)10(15)16/h7-8H,3-6H2,1-2H3,(H,13,14)(H,15,16). The molecule has 1 aliphatic heterocycles. The van der Waals surface area contributed by atoms with E-state index in [1.807, 2.05) is 0 Å². The number of rotatable bonds is 4. The number of carboxylic acids is 2. The molecular weight excluding hydrogens is 224 g/mol. The maximum Gasteiger partial charge on any atom is 0.310 e. The van der Waals surface area contributed by atoms with Crippen LogP contribution in [0.4, 0.5) is 0 Å². The molecule has 4 atom stereocenters. The fraction of sp³-hybridized carbons (Fsp3) is 0.833. The average molecular weight is 242 g/mol. The smallest absolute Gasteiger partial charge is 0.310 e. The molecule has 1 saturated heterocycles. The van der Waals surface area contributed by atoms with Gasteiger partial charge >= 0.3 is 11.9 Å². The van der Waals surface area contributed by atoms with Crippen molar-refractivity contribution in [3.63, 3.8) is 0 Å². The summed E-state index contributed by atoms with van der Waals surface area (Å²) in [5.74, 6) is -2.00. The molecule has 1 saturated carbocycles. The summed E-state index contributed by atoms with van der Waals surface area (Å²) < 4.78 is 5.37. The molecule has 0 radical (unpaired) electrons. The molecule has 2 N–H and O–H groups in total. The fourth-order valence-electron chi connectivity index (χ4n) is 3.47. The number of fused-ring (bicyclic) bond motifs is 1. The Hall–Kier alpha value is -1.10. The van der Waals surface area contributed by atoms with E-state index in [2.05, 4.69) is 0 Å². The molecule has 2 fully saturated rings. The summed E-state index contributed by atoms with van der Waals surface area (Å²) in [7, 11) is 0. The molecule has 4 unspecified atom stereocenters. The highest BCUT2D eigenvalue weighted by Gasteiger charge is 2.68. The molecule has 5 nitrogen and oxygen atoms in total. The Labute approximate surface area is 99.8 Å². The molecule has 0 aromatic heterocycles. The minimum atomic E-state index is -1.19. The van der Waals surface area contributed by atoms with E-state index in [4.69, 9.17) is 4.74 Å². The highest BCUT2D eigenvalue weighted by atomic mass is 16.6. The predicted octanol–water partition coefficient (Wildman–Crippen LogP) is 1.51. The molecule has 17 heavy (non-hydrogen) atoms. The third-order valence-electron chi connectivity index (χ3n) is 4.73. The van der Waals surface area contributed by atoms with Crippen LogP contribution >= 0.6 is 0 Å². The molecule has 0 aromatic carbocycles. The number of hydrogen-bond donors (Lipinski definition) is 2. The summed E-state index contributed by atoms with van der Waals surface area (Å²) >= 11 is 0. The van der Waals surface area contributed by atoms with Crippen molar-refractivity contribution in [2.45, 2.75) is 51.7 Å². The van der Waals surface area contributed by atoms with Crippen LogP contribution in [0.1, 0.15) is 39.5 Å². The molecule has 0 spiro atoms. The Balaban J connectivity index is 2.50. The van der Waals surface area contributed by atoms with E-state index >= 15 is 0 Å². The minimum absolute atomic E-state index is 0.0509. The van der Waals surface area contributed by atoms with Crippen molar-refractivity contribution < 1.29 is 24.5 Å². The third-order valence-corrected chi connectivity index (χ3v) is 4.73. The van der Waals surface area contributed by atoms with Gasteiger partial charge in [0.25, 0.3) is 0 Å². The quantitative estimate of drug-likeness (QED) is 0.729. The van der Waals surface area contributed by atoms with E-state index in [9.17, 15) is 19.8 Å². The molecule has 2 rings (SSSR count). The Morgan fingerprint density at radius 2 is 1.41 bits per heavy atom. The second-order valence-electron chi connectivity index (χ2n) is 5.10. The van der Waals surface area contributed by atoms with Crippen molar-refractivity contribution in [2.24, 2.45) is 10.8 Å². The molecule has 96 valence electrons. The zero-order valence-electron chi connectivity index (χ0n) is 10.1. The van der Waals surface area contributed by atoms with E-state index in [0.29, 0.717) is 25.7 Å². The van der Waals surface area contributed by atoms with Gasteiger partial charge in [-0.1, -0.05) is 13.8 Å². The number of ether oxygens (including phenoxy) is 1. The van der Waals surface area contributed by atoms with Crippen LogP contribution in [0, 0.1) is 10.8 Å². The van der Waals surface area contributed by atoms with Crippen LogP contribution in [0.5, 0.6) is 0 Å². The molecule has 0 amide bonds. The maximum absolute atomic E-state index is 11.6. The highest BCUT2D eigenvalue weighted by molar-refractivity contribution is 5.87. The maximum atomic E-state index is 11.6. The second kappa shape index (κ2) is 3.70. The van der Waals surface area contributed by atoms with Gasteiger partial charge in [0.2, 0.25) is 0 Å². The van der Waals surface area contributed by atoms with Gasteiger partial charge in [0.05, 0.1) is 23.0 Å². The average Bonchev–Trinajstić information content (AvgIpc) is 3.03. The summed E-state index contributed by atoms with van der Waals surface area (Å²) in [5.41, 5.74) is -2.38. The summed E-state index contributed by atoms with van der Waals surface area (Å²) in [5, 5.41) is 19.0. The van der Waals surface area contributed by atoms with Gasteiger partial charge in [0, 0.05) is 0 Å². The van der Waals surface area contributed by atoms with Crippen LogP contribution < -0.4 is 0 Å². The first-order chi connectivity index (χ1) is 7.93. The summed E-state index contributed by atoms with van der Waals surface area (Å²) in [6, 6.07) is 0. The number of hydrogen-bond acceptors (Lipinski definition) is 3. The SMILES string of the molecule is CCC1(C(=O)O)CC2OC2CC1(CC)C(=O)O. The molecule has 1 aliphatic carbocycles. The first kappa shape index (κ1) is 12.4. The summed E-state index contributed by atoms with van der Waals surface area (Å²) in [6.45, 7) is 3.51. The second-order valence-corrected chi connectivity index (χ2v) is 5.10. The van der Waals surface area contributed by atoms with Gasteiger partial charge in [0.15, 0.2) is 0 Å². The number of carbonyl (C=O) groups is 2. The van der Waals surface area contributed by atoms with Crippen molar-refractivity contribution in [1.29, 1.82) is 0 Å². The van der Waals surface area contributed by atoms with Crippen LogP contribution in [-0.4, -0.2) is 34.4 Å². The van der Waals surface area contributed by atoms with Gasteiger partial charge < -0.3 is 14.9 Å². The lowest BCUT2D eigenvalue weighted by molar-refractivity contribution is -0.179. The van der Waals surface area contributed by atoms with Crippen molar-refractivity contribution in [1.82, 2.24) is 0 Å². The fourth-order valence-corrected chi connectivity index (χ4v) is 3.47. The zero-order valence-corrected chi connectivity index (χ0v) is 10.1. The summed E-state index contributed by atoms with van der Waals surface area (Å²) in [6.07, 6.45) is 1.20. The molecule has 1 heterocycles. The number of epoxide rings is 1. The number of aliphatic carboxylic acids is 2. The van der Waals surface area contributed by atoms with Crippen molar-refractivity contribution >= 4 is 11.9 Å². The van der Waals surface area contributed by atoms with Crippen LogP contribution in [0.2, 0.25) is 0 Å². The lowest BCUT2D eigenvalue weighted by Gasteiger charge is -2.46. The Morgan fingerprint density at radius 1 is 1.06 bits per heavy atom. The lowest BCUT2D eigenvalue weighted by atomic mass is 9.53.